The molecule has 0 aliphatic heterocycles. The summed E-state index contributed by atoms with van der Waals surface area (Å²) in [7, 11) is 0. The monoisotopic (exact) mass is 317 g/mol. The number of hydrogen-bond acceptors (Lipinski definition) is 4. The molecule has 0 atom stereocenters. The second kappa shape index (κ2) is 7.75. The molecule has 1 aromatic rings. The molecule has 126 valence electrons. The van der Waals surface area contributed by atoms with Crippen LogP contribution in [-0.4, -0.2) is 37.4 Å². The fourth-order valence-electron chi connectivity index (χ4n) is 2.82. The smallest absolute Gasteiger partial charge is 0.247 e. The Kier molecular flexibility index (Phi) is 5.97. The molecular weight excluding hydrogens is 290 g/mol. The van der Waals surface area contributed by atoms with Crippen molar-refractivity contribution >= 4 is 11.3 Å². The van der Waals surface area contributed by atoms with Crippen molar-refractivity contribution in [2.75, 3.05) is 19.8 Å². The van der Waals surface area contributed by atoms with Gasteiger partial charge in [-0.05, 0) is 40.2 Å². The highest BCUT2D eigenvalue weighted by atomic mass is 16.7. The first-order chi connectivity index (χ1) is 11.1. The van der Waals surface area contributed by atoms with E-state index in [2.05, 4.69) is 0 Å². The molecular formula is C19H27NO3. The molecule has 0 saturated carbocycles. The van der Waals surface area contributed by atoms with Crippen molar-refractivity contribution in [2.45, 2.75) is 46.4 Å². The van der Waals surface area contributed by atoms with Gasteiger partial charge < -0.3 is 14.2 Å². The molecule has 23 heavy (non-hydrogen) atoms. The quantitative estimate of drug-likeness (QED) is 0.679. The van der Waals surface area contributed by atoms with Gasteiger partial charge in [-0.1, -0.05) is 30.3 Å². The van der Waals surface area contributed by atoms with Crippen LogP contribution in [0.15, 0.2) is 41.1 Å². The highest BCUT2D eigenvalue weighted by molar-refractivity contribution is 6.25. The first-order valence-corrected chi connectivity index (χ1v) is 8.40. The van der Waals surface area contributed by atoms with E-state index in [1.54, 1.807) is 0 Å². The van der Waals surface area contributed by atoms with E-state index in [9.17, 15) is 0 Å². The SMILES string of the molecule is CCOC1=C(c2ccccc2)C(OCC)(OCC)C1=NC(C)C. The van der Waals surface area contributed by atoms with E-state index < -0.39 is 5.79 Å². The van der Waals surface area contributed by atoms with Crippen LogP contribution in [0.2, 0.25) is 0 Å². The second-order valence-electron chi connectivity index (χ2n) is 5.56. The number of hydrogen-bond donors (Lipinski definition) is 0. The minimum atomic E-state index is -0.931. The third kappa shape index (κ3) is 3.33. The fraction of sp³-hybridized carbons (Fsp3) is 0.526. The molecule has 0 unspecified atom stereocenters. The van der Waals surface area contributed by atoms with Crippen molar-refractivity contribution in [3.05, 3.63) is 41.7 Å². The maximum Gasteiger partial charge on any atom is 0.247 e. The Morgan fingerprint density at radius 2 is 1.57 bits per heavy atom. The third-order valence-electron chi connectivity index (χ3n) is 3.52. The average molecular weight is 317 g/mol. The van der Waals surface area contributed by atoms with Gasteiger partial charge in [0.25, 0.3) is 0 Å². The molecule has 1 aliphatic rings. The first kappa shape index (κ1) is 17.7. The van der Waals surface area contributed by atoms with Crippen LogP contribution in [0.1, 0.15) is 40.2 Å². The van der Waals surface area contributed by atoms with Crippen molar-refractivity contribution in [2.24, 2.45) is 4.99 Å². The van der Waals surface area contributed by atoms with Gasteiger partial charge in [0.1, 0.15) is 5.71 Å². The summed E-state index contributed by atoms with van der Waals surface area (Å²) in [4.78, 5) is 4.73. The summed E-state index contributed by atoms with van der Waals surface area (Å²) in [5, 5.41) is 0. The highest BCUT2D eigenvalue weighted by Crippen LogP contribution is 2.47. The summed E-state index contributed by atoms with van der Waals surface area (Å²) < 4.78 is 18.0. The maximum atomic E-state index is 6.07. The van der Waals surface area contributed by atoms with Crippen LogP contribution in [0.4, 0.5) is 0 Å². The van der Waals surface area contributed by atoms with E-state index in [1.807, 2.05) is 65.0 Å². The molecule has 0 radical (unpaired) electrons. The number of rotatable bonds is 8. The highest BCUT2D eigenvalue weighted by Gasteiger charge is 2.56. The zero-order chi connectivity index (χ0) is 16.9. The van der Waals surface area contributed by atoms with E-state index in [0.29, 0.717) is 19.8 Å². The average Bonchev–Trinajstić information content (AvgIpc) is 2.53. The molecule has 1 aliphatic carbocycles. The molecule has 0 bridgehead atoms. The Labute approximate surface area is 139 Å². The van der Waals surface area contributed by atoms with Crippen molar-refractivity contribution < 1.29 is 14.2 Å². The predicted molar refractivity (Wildman–Crippen MR) is 93.5 cm³/mol. The topological polar surface area (TPSA) is 40.0 Å². The third-order valence-corrected chi connectivity index (χ3v) is 3.52. The van der Waals surface area contributed by atoms with Gasteiger partial charge in [0, 0.05) is 19.3 Å². The van der Waals surface area contributed by atoms with Gasteiger partial charge in [0.05, 0.1) is 12.2 Å². The van der Waals surface area contributed by atoms with Gasteiger partial charge in [0.2, 0.25) is 5.79 Å². The summed E-state index contributed by atoms with van der Waals surface area (Å²) in [6.45, 7) is 11.6. The maximum absolute atomic E-state index is 6.07. The first-order valence-electron chi connectivity index (χ1n) is 8.40. The van der Waals surface area contributed by atoms with Crippen LogP contribution in [0.5, 0.6) is 0 Å². The van der Waals surface area contributed by atoms with Crippen LogP contribution in [-0.2, 0) is 14.2 Å². The summed E-state index contributed by atoms with van der Waals surface area (Å²) >= 11 is 0. The second-order valence-corrected chi connectivity index (χ2v) is 5.56. The fourth-order valence-corrected chi connectivity index (χ4v) is 2.82. The van der Waals surface area contributed by atoms with E-state index >= 15 is 0 Å². The van der Waals surface area contributed by atoms with Crippen molar-refractivity contribution in [1.29, 1.82) is 0 Å². The standard InChI is InChI=1S/C19H27NO3/c1-6-21-17-16(15-12-10-9-11-13-15)19(22-7-2,23-8-3)18(17)20-14(4)5/h9-14H,6-8H2,1-5H3. The summed E-state index contributed by atoms with van der Waals surface area (Å²) in [5.41, 5.74) is 2.74. The molecule has 0 heterocycles. The summed E-state index contributed by atoms with van der Waals surface area (Å²) in [6.07, 6.45) is 0. The lowest BCUT2D eigenvalue weighted by atomic mass is 9.80. The molecule has 0 aromatic heterocycles. The van der Waals surface area contributed by atoms with Crippen LogP contribution in [0.3, 0.4) is 0 Å². The molecule has 1 aromatic carbocycles. The van der Waals surface area contributed by atoms with Gasteiger partial charge in [0.15, 0.2) is 5.76 Å². The van der Waals surface area contributed by atoms with E-state index in [-0.39, 0.29) is 6.04 Å². The van der Waals surface area contributed by atoms with E-state index in [1.165, 1.54) is 0 Å². The molecule has 0 spiro atoms. The minimum Gasteiger partial charge on any atom is -0.491 e. The molecule has 0 amide bonds. The van der Waals surface area contributed by atoms with Crippen LogP contribution < -0.4 is 0 Å². The molecule has 0 N–H and O–H groups in total. The Hall–Kier alpha value is -1.65. The number of benzene rings is 1. The van der Waals surface area contributed by atoms with Crippen molar-refractivity contribution in [3.63, 3.8) is 0 Å². The lowest BCUT2D eigenvalue weighted by Crippen LogP contribution is -2.55. The summed E-state index contributed by atoms with van der Waals surface area (Å²) in [6, 6.07) is 10.2. The number of aliphatic imine (C=N–C) groups is 1. The normalized spacial score (nSPS) is 18.4. The van der Waals surface area contributed by atoms with Gasteiger partial charge in [-0.15, -0.1) is 0 Å². The van der Waals surface area contributed by atoms with Crippen LogP contribution in [0, 0.1) is 0 Å². The molecule has 4 heteroatoms. The molecule has 4 nitrogen and oxygen atoms in total. The lowest BCUT2D eigenvalue weighted by molar-refractivity contribution is -0.151. The Morgan fingerprint density at radius 1 is 0.957 bits per heavy atom. The number of ether oxygens (including phenoxy) is 3. The van der Waals surface area contributed by atoms with Crippen LogP contribution in [0.25, 0.3) is 5.57 Å². The number of nitrogens with zero attached hydrogens (tertiary/aromatic N) is 1. The van der Waals surface area contributed by atoms with Crippen LogP contribution >= 0.6 is 0 Å². The van der Waals surface area contributed by atoms with Gasteiger partial charge >= 0.3 is 0 Å². The Morgan fingerprint density at radius 3 is 2.04 bits per heavy atom. The van der Waals surface area contributed by atoms with Gasteiger partial charge in [-0.25, -0.2) is 0 Å². The molecule has 0 fully saturated rings. The Balaban J connectivity index is 2.63. The van der Waals surface area contributed by atoms with Crippen molar-refractivity contribution in [1.82, 2.24) is 0 Å². The largest absolute Gasteiger partial charge is 0.491 e. The lowest BCUT2D eigenvalue weighted by Gasteiger charge is -2.45. The Bertz CT molecular complexity index is 570. The molecule has 2 rings (SSSR count). The predicted octanol–water partition coefficient (Wildman–Crippen LogP) is 4.07. The zero-order valence-electron chi connectivity index (χ0n) is 14.8. The van der Waals surface area contributed by atoms with E-state index in [4.69, 9.17) is 19.2 Å². The van der Waals surface area contributed by atoms with Crippen molar-refractivity contribution in [3.8, 4) is 0 Å². The zero-order valence-corrected chi connectivity index (χ0v) is 14.8. The minimum absolute atomic E-state index is 0.137. The van der Waals surface area contributed by atoms with E-state index in [0.717, 1.165) is 22.6 Å². The summed E-state index contributed by atoms with van der Waals surface area (Å²) in [5.74, 6) is -0.145. The van der Waals surface area contributed by atoms with Gasteiger partial charge in [-0.3, -0.25) is 4.99 Å². The van der Waals surface area contributed by atoms with Gasteiger partial charge in [-0.2, -0.15) is 0 Å². The molecule has 0 saturated heterocycles.